The molecule has 1 heterocycles. The Labute approximate surface area is 158 Å². The number of amides is 3. The summed E-state index contributed by atoms with van der Waals surface area (Å²) in [5, 5.41) is 5.15. The van der Waals surface area contributed by atoms with Gasteiger partial charge < -0.3 is 15.5 Å². The number of nitrogens with one attached hydrogen (secondary N) is 2. The van der Waals surface area contributed by atoms with Gasteiger partial charge >= 0.3 is 11.8 Å². The zero-order chi connectivity index (χ0) is 19.4. The minimum atomic E-state index is -0.743. The van der Waals surface area contributed by atoms with Gasteiger partial charge in [-0.15, -0.1) is 0 Å². The van der Waals surface area contributed by atoms with Crippen LogP contribution in [0.3, 0.4) is 0 Å². The third-order valence-corrected chi connectivity index (χ3v) is 4.55. The second-order valence-electron chi connectivity index (χ2n) is 6.88. The molecule has 0 unspecified atom stereocenters. The lowest BCUT2D eigenvalue weighted by atomic mass is 10.0. The summed E-state index contributed by atoms with van der Waals surface area (Å²) in [7, 11) is 0. The van der Waals surface area contributed by atoms with Crippen molar-refractivity contribution >= 4 is 34.8 Å². The molecule has 3 amide bonds. The molecule has 0 bridgehead atoms. The Morgan fingerprint density at radius 2 is 1.41 bits per heavy atom. The van der Waals surface area contributed by atoms with Crippen LogP contribution in [0.4, 0.5) is 17.1 Å². The summed E-state index contributed by atoms with van der Waals surface area (Å²) in [5.74, 6) is -0.967. The van der Waals surface area contributed by atoms with E-state index in [-0.39, 0.29) is 5.91 Å². The van der Waals surface area contributed by atoms with Gasteiger partial charge in [0.2, 0.25) is 5.91 Å². The summed E-state index contributed by atoms with van der Waals surface area (Å²) in [6.07, 6.45) is 1.42. The lowest BCUT2D eigenvalue weighted by Crippen LogP contribution is -2.29. The van der Waals surface area contributed by atoms with E-state index in [9.17, 15) is 14.4 Å². The maximum Gasteiger partial charge on any atom is 0.314 e. The van der Waals surface area contributed by atoms with Crippen LogP contribution in [0.2, 0.25) is 0 Å². The highest BCUT2D eigenvalue weighted by molar-refractivity contribution is 6.43. The second-order valence-corrected chi connectivity index (χ2v) is 6.88. The maximum atomic E-state index is 12.1. The summed E-state index contributed by atoms with van der Waals surface area (Å²) >= 11 is 0. The van der Waals surface area contributed by atoms with Crippen LogP contribution < -0.4 is 15.5 Å². The molecule has 140 valence electrons. The third kappa shape index (κ3) is 4.53. The number of anilines is 3. The number of hydrogen-bond donors (Lipinski definition) is 2. The van der Waals surface area contributed by atoms with Gasteiger partial charge in [-0.2, -0.15) is 0 Å². The Morgan fingerprint density at radius 1 is 0.889 bits per heavy atom. The first kappa shape index (κ1) is 18.6. The molecule has 3 rings (SSSR count). The van der Waals surface area contributed by atoms with Crippen LogP contribution in [0, 0.1) is 0 Å². The molecule has 1 aliphatic rings. The largest absolute Gasteiger partial charge is 0.318 e. The number of hydrogen-bond acceptors (Lipinski definition) is 3. The average molecular weight is 365 g/mol. The van der Waals surface area contributed by atoms with Crippen molar-refractivity contribution in [3.63, 3.8) is 0 Å². The van der Waals surface area contributed by atoms with Crippen molar-refractivity contribution in [3.8, 4) is 0 Å². The predicted octanol–water partition coefficient (Wildman–Crippen LogP) is 3.51. The van der Waals surface area contributed by atoms with Crippen LogP contribution in [0.25, 0.3) is 0 Å². The molecule has 0 saturated carbocycles. The van der Waals surface area contributed by atoms with E-state index in [1.807, 2.05) is 12.1 Å². The van der Waals surface area contributed by atoms with Crippen LogP contribution in [0.1, 0.15) is 38.2 Å². The summed E-state index contributed by atoms with van der Waals surface area (Å²) in [4.78, 5) is 37.7. The quantitative estimate of drug-likeness (QED) is 0.814. The summed E-state index contributed by atoms with van der Waals surface area (Å²) in [5.41, 5.74) is 3.03. The number of nitrogens with zero attached hydrogens (tertiary/aromatic N) is 1. The standard InChI is InChI=1S/C21H23N3O3/c1-14(2)15-5-7-16(8-6-15)22-20(26)21(27)23-17-9-11-18(12-10-17)24-13-3-4-19(24)25/h5-12,14H,3-4,13H2,1-2H3,(H,22,26)(H,23,27). The molecule has 1 saturated heterocycles. The maximum absolute atomic E-state index is 12.1. The highest BCUT2D eigenvalue weighted by Crippen LogP contribution is 2.23. The molecule has 0 atom stereocenters. The van der Waals surface area contributed by atoms with Gasteiger partial charge in [-0.05, 0) is 54.3 Å². The first-order valence-electron chi connectivity index (χ1n) is 9.07. The third-order valence-electron chi connectivity index (χ3n) is 4.55. The van der Waals surface area contributed by atoms with E-state index in [0.29, 0.717) is 30.3 Å². The zero-order valence-electron chi connectivity index (χ0n) is 15.5. The summed E-state index contributed by atoms with van der Waals surface area (Å²) in [6.45, 7) is 4.89. The first-order chi connectivity index (χ1) is 12.9. The van der Waals surface area contributed by atoms with E-state index in [0.717, 1.165) is 17.7 Å². The summed E-state index contributed by atoms with van der Waals surface area (Å²) < 4.78 is 0. The van der Waals surface area contributed by atoms with Crippen molar-refractivity contribution in [1.29, 1.82) is 0 Å². The molecule has 1 fully saturated rings. The monoisotopic (exact) mass is 365 g/mol. The molecular formula is C21H23N3O3. The Bertz CT molecular complexity index is 842. The van der Waals surface area contributed by atoms with Crippen LogP contribution in [-0.4, -0.2) is 24.3 Å². The van der Waals surface area contributed by atoms with Crippen LogP contribution >= 0.6 is 0 Å². The average Bonchev–Trinajstić information content (AvgIpc) is 3.08. The normalized spacial score (nSPS) is 13.7. The van der Waals surface area contributed by atoms with Crippen molar-refractivity contribution in [1.82, 2.24) is 0 Å². The number of benzene rings is 2. The Kier molecular flexibility index (Phi) is 5.54. The van der Waals surface area contributed by atoms with E-state index in [1.165, 1.54) is 0 Å². The number of rotatable bonds is 4. The molecule has 0 aliphatic carbocycles. The highest BCUT2D eigenvalue weighted by Gasteiger charge is 2.21. The highest BCUT2D eigenvalue weighted by atomic mass is 16.2. The van der Waals surface area contributed by atoms with Crippen molar-refractivity contribution in [2.45, 2.75) is 32.6 Å². The van der Waals surface area contributed by atoms with E-state index in [4.69, 9.17) is 0 Å². The van der Waals surface area contributed by atoms with Gasteiger partial charge in [-0.25, -0.2) is 0 Å². The first-order valence-corrected chi connectivity index (χ1v) is 9.07. The number of carbonyl (C=O) groups is 3. The van der Waals surface area contributed by atoms with E-state index in [2.05, 4.69) is 24.5 Å². The number of carbonyl (C=O) groups excluding carboxylic acids is 3. The fourth-order valence-electron chi connectivity index (χ4n) is 2.97. The molecule has 0 spiro atoms. The Morgan fingerprint density at radius 3 is 1.85 bits per heavy atom. The molecule has 0 radical (unpaired) electrons. The second kappa shape index (κ2) is 8.03. The molecule has 6 nitrogen and oxygen atoms in total. The van der Waals surface area contributed by atoms with Crippen molar-refractivity contribution in [3.05, 3.63) is 54.1 Å². The van der Waals surface area contributed by atoms with Crippen LogP contribution in [0.15, 0.2) is 48.5 Å². The predicted molar refractivity (Wildman–Crippen MR) is 106 cm³/mol. The van der Waals surface area contributed by atoms with Gasteiger partial charge in [0.25, 0.3) is 0 Å². The molecule has 1 aliphatic heterocycles. The van der Waals surface area contributed by atoms with Crippen molar-refractivity contribution in [2.75, 3.05) is 22.1 Å². The SMILES string of the molecule is CC(C)c1ccc(NC(=O)C(=O)Nc2ccc(N3CCCC3=O)cc2)cc1. The van der Waals surface area contributed by atoms with Crippen LogP contribution in [-0.2, 0) is 14.4 Å². The Hall–Kier alpha value is -3.15. The molecule has 27 heavy (non-hydrogen) atoms. The van der Waals surface area contributed by atoms with Gasteiger partial charge in [0.1, 0.15) is 0 Å². The summed E-state index contributed by atoms with van der Waals surface area (Å²) in [6, 6.07) is 14.3. The van der Waals surface area contributed by atoms with Gasteiger partial charge in [0, 0.05) is 30.0 Å². The minimum absolute atomic E-state index is 0.106. The van der Waals surface area contributed by atoms with Crippen molar-refractivity contribution in [2.24, 2.45) is 0 Å². The zero-order valence-corrected chi connectivity index (χ0v) is 15.5. The van der Waals surface area contributed by atoms with Gasteiger partial charge in [-0.1, -0.05) is 26.0 Å². The van der Waals surface area contributed by atoms with E-state index >= 15 is 0 Å². The van der Waals surface area contributed by atoms with E-state index in [1.54, 1.807) is 41.3 Å². The van der Waals surface area contributed by atoms with Gasteiger partial charge in [-0.3, -0.25) is 14.4 Å². The Balaban J connectivity index is 1.57. The smallest absolute Gasteiger partial charge is 0.314 e. The molecular weight excluding hydrogens is 342 g/mol. The molecule has 2 aromatic carbocycles. The van der Waals surface area contributed by atoms with Gasteiger partial charge in [0.05, 0.1) is 0 Å². The molecule has 2 aromatic rings. The fraction of sp³-hybridized carbons (Fsp3) is 0.286. The lowest BCUT2D eigenvalue weighted by Gasteiger charge is -2.16. The van der Waals surface area contributed by atoms with Crippen LogP contribution in [0.5, 0.6) is 0 Å². The van der Waals surface area contributed by atoms with Gasteiger partial charge in [0.15, 0.2) is 0 Å². The fourth-order valence-corrected chi connectivity index (χ4v) is 2.97. The molecule has 2 N–H and O–H groups in total. The lowest BCUT2D eigenvalue weighted by molar-refractivity contribution is -0.132. The molecule has 6 heteroatoms. The molecule has 0 aromatic heterocycles. The van der Waals surface area contributed by atoms with E-state index < -0.39 is 11.8 Å². The minimum Gasteiger partial charge on any atom is -0.318 e. The topological polar surface area (TPSA) is 78.5 Å². The van der Waals surface area contributed by atoms with Crippen molar-refractivity contribution < 1.29 is 14.4 Å².